The molecular formula is C28H21BrClN3O3. The third kappa shape index (κ3) is 3.78. The van der Waals surface area contributed by atoms with Crippen molar-refractivity contribution >= 4 is 51.2 Å². The molecular weight excluding hydrogens is 542 g/mol. The van der Waals surface area contributed by atoms with Gasteiger partial charge in [0.15, 0.2) is 5.41 Å². The van der Waals surface area contributed by atoms with Crippen LogP contribution in [0, 0.1) is 16.7 Å². The van der Waals surface area contributed by atoms with Crippen molar-refractivity contribution in [1.82, 2.24) is 4.90 Å². The molecule has 0 spiro atoms. The monoisotopic (exact) mass is 561 g/mol. The van der Waals surface area contributed by atoms with Crippen LogP contribution < -0.4 is 5.32 Å². The number of halogens is 2. The van der Waals surface area contributed by atoms with Crippen molar-refractivity contribution in [3.63, 3.8) is 0 Å². The molecule has 4 atom stereocenters. The summed E-state index contributed by atoms with van der Waals surface area (Å²) in [6, 6.07) is 22.4. The van der Waals surface area contributed by atoms with Crippen LogP contribution in [0.5, 0.6) is 0 Å². The second-order valence-corrected chi connectivity index (χ2v) is 10.1. The van der Waals surface area contributed by atoms with Crippen molar-refractivity contribution in [2.75, 3.05) is 12.4 Å². The Hall–Kier alpha value is -3.60. The van der Waals surface area contributed by atoms with E-state index in [1.807, 2.05) is 59.5 Å². The Morgan fingerprint density at radius 1 is 1.08 bits per heavy atom. The van der Waals surface area contributed by atoms with E-state index in [9.17, 15) is 14.9 Å². The Balaban J connectivity index is 1.72. The van der Waals surface area contributed by atoms with Gasteiger partial charge in [-0.05, 0) is 59.2 Å². The number of hydrogen-bond donors (Lipinski definition) is 1. The van der Waals surface area contributed by atoms with Gasteiger partial charge in [0.1, 0.15) is 6.04 Å². The molecule has 2 aliphatic heterocycles. The number of benzene rings is 3. The van der Waals surface area contributed by atoms with Crippen molar-refractivity contribution < 1.29 is 14.3 Å². The first-order valence-corrected chi connectivity index (χ1v) is 12.4. The summed E-state index contributed by atoms with van der Waals surface area (Å²) in [5.74, 6) is -1.85. The van der Waals surface area contributed by atoms with Gasteiger partial charge >= 0.3 is 5.97 Å². The number of esters is 1. The quantitative estimate of drug-likeness (QED) is 0.399. The summed E-state index contributed by atoms with van der Waals surface area (Å²) < 4.78 is 6.10. The number of methoxy groups -OCH3 is 1. The lowest BCUT2D eigenvalue weighted by molar-refractivity contribution is -0.151. The Morgan fingerprint density at radius 3 is 2.44 bits per heavy atom. The fourth-order valence-electron chi connectivity index (χ4n) is 5.38. The Labute approximate surface area is 222 Å². The van der Waals surface area contributed by atoms with Crippen molar-refractivity contribution in [2.45, 2.75) is 18.0 Å². The minimum absolute atomic E-state index is 0.347. The lowest BCUT2D eigenvalue weighted by Crippen LogP contribution is -2.42. The molecule has 36 heavy (non-hydrogen) atoms. The summed E-state index contributed by atoms with van der Waals surface area (Å²) in [6.07, 6.45) is 3.70. The van der Waals surface area contributed by atoms with Crippen molar-refractivity contribution in [1.29, 1.82) is 5.26 Å². The van der Waals surface area contributed by atoms with Crippen LogP contribution in [0.3, 0.4) is 0 Å². The zero-order valence-electron chi connectivity index (χ0n) is 19.2. The van der Waals surface area contributed by atoms with Gasteiger partial charge in [-0.3, -0.25) is 9.59 Å². The maximum atomic E-state index is 13.9. The molecule has 6 nitrogen and oxygen atoms in total. The van der Waals surface area contributed by atoms with E-state index >= 15 is 0 Å². The van der Waals surface area contributed by atoms with E-state index in [-0.39, 0.29) is 5.91 Å². The predicted molar refractivity (Wildman–Crippen MR) is 141 cm³/mol. The van der Waals surface area contributed by atoms with Crippen molar-refractivity contribution in [3.8, 4) is 6.07 Å². The van der Waals surface area contributed by atoms with Gasteiger partial charge < -0.3 is 15.0 Å². The van der Waals surface area contributed by atoms with E-state index in [1.54, 1.807) is 30.5 Å². The molecule has 0 bridgehead atoms. The molecule has 0 aliphatic carbocycles. The molecule has 3 aromatic rings. The molecule has 0 radical (unpaired) electrons. The van der Waals surface area contributed by atoms with Crippen LogP contribution in [0.15, 0.2) is 83.5 Å². The zero-order chi connectivity index (χ0) is 25.4. The van der Waals surface area contributed by atoms with Gasteiger partial charge in [0.25, 0.3) is 0 Å². The van der Waals surface area contributed by atoms with E-state index in [0.717, 1.165) is 15.6 Å². The number of rotatable bonds is 4. The molecule has 1 fully saturated rings. The number of ether oxygens (including phenoxy) is 1. The number of amides is 1. The van der Waals surface area contributed by atoms with Crippen LogP contribution in [-0.2, 0) is 14.3 Å². The molecule has 1 amide bonds. The van der Waals surface area contributed by atoms with Gasteiger partial charge in [0.2, 0.25) is 5.91 Å². The number of nitriles is 1. The first-order valence-electron chi connectivity index (χ1n) is 11.3. The Morgan fingerprint density at radius 2 is 1.78 bits per heavy atom. The average Bonchev–Trinajstić information content (AvgIpc) is 3.22. The van der Waals surface area contributed by atoms with Crippen molar-refractivity contribution in [2.24, 2.45) is 5.41 Å². The summed E-state index contributed by atoms with van der Waals surface area (Å²) in [7, 11) is 1.27. The van der Waals surface area contributed by atoms with E-state index in [2.05, 4.69) is 27.3 Å². The highest BCUT2D eigenvalue weighted by Gasteiger charge is 2.67. The molecule has 180 valence electrons. The number of anilines is 1. The van der Waals surface area contributed by atoms with Gasteiger partial charge in [-0.25, -0.2) is 0 Å². The molecule has 0 saturated carbocycles. The van der Waals surface area contributed by atoms with Crippen LogP contribution in [0.2, 0.25) is 5.02 Å². The predicted octanol–water partition coefficient (Wildman–Crippen LogP) is 5.92. The van der Waals surface area contributed by atoms with E-state index in [1.165, 1.54) is 7.11 Å². The maximum absolute atomic E-state index is 13.9. The molecule has 0 aromatic heterocycles. The molecule has 8 heteroatoms. The second-order valence-electron chi connectivity index (χ2n) is 8.74. The summed E-state index contributed by atoms with van der Waals surface area (Å²) >= 11 is 9.47. The van der Waals surface area contributed by atoms with Crippen LogP contribution in [0.1, 0.15) is 28.7 Å². The Kier molecular flexibility index (Phi) is 6.33. The van der Waals surface area contributed by atoms with E-state index in [0.29, 0.717) is 16.3 Å². The standard InChI is InChI=1S/C28H21BrClN3O3/c1-36-27(35)28(16-31)23(18-6-8-19(29)9-7-18)24(26(34)32-21-12-10-20(30)11-13-21)33-15-14-17-4-2-3-5-22(17)25(28)33/h2-15,23-25H,1H3,(H,32,34)/t23-,24+,25?,28+/m1/s1. The molecule has 5 rings (SSSR count). The maximum Gasteiger partial charge on any atom is 0.329 e. The fraction of sp³-hybridized carbons (Fsp3) is 0.179. The van der Waals surface area contributed by atoms with Gasteiger partial charge in [0, 0.05) is 27.3 Å². The Bertz CT molecular complexity index is 1400. The summed E-state index contributed by atoms with van der Waals surface area (Å²) in [5, 5.41) is 14.2. The summed E-state index contributed by atoms with van der Waals surface area (Å²) in [6.45, 7) is 0. The molecule has 2 heterocycles. The lowest BCUT2D eigenvalue weighted by atomic mass is 9.67. The van der Waals surface area contributed by atoms with Gasteiger partial charge in [-0.15, -0.1) is 0 Å². The summed E-state index contributed by atoms with van der Waals surface area (Å²) in [5.41, 5.74) is 1.23. The van der Waals surface area contributed by atoms with Crippen LogP contribution in [0.4, 0.5) is 5.69 Å². The SMILES string of the molecule is COC(=O)[C@]1(C#N)C2c3ccccc3C=CN2[C@H](C(=O)Nc2ccc(Cl)cc2)[C@H]1c1ccc(Br)cc1. The highest BCUT2D eigenvalue weighted by molar-refractivity contribution is 9.10. The largest absolute Gasteiger partial charge is 0.468 e. The molecule has 1 N–H and O–H groups in total. The number of carbonyl (C=O) groups excluding carboxylic acids is 2. The van der Waals surface area contributed by atoms with E-state index in [4.69, 9.17) is 16.3 Å². The number of fused-ring (bicyclic) bond motifs is 3. The highest BCUT2D eigenvalue weighted by Crippen LogP contribution is 2.60. The third-order valence-electron chi connectivity index (χ3n) is 6.89. The topological polar surface area (TPSA) is 82.4 Å². The second kappa shape index (κ2) is 9.45. The van der Waals surface area contributed by atoms with E-state index < -0.39 is 29.4 Å². The minimum Gasteiger partial charge on any atom is -0.468 e. The number of hydrogen-bond acceptors (Lipinski definition) is 5. The van der Waals surface area contributed by atoms with Gasteiger partial charge in [-0.2, -0.15) is 5.26 Å². The van der Waals surface area contributed by atoms with Crippen LogP contribution in [-0.4, -0.2) is 29.9 Å². The fourth-order valence-corrected chi connectivity index (χ4v) is 5.78. The average molecular weight is 563 g/mol. The highest BCUT2D eigenvalue weighted by atomic mass is 79.9. The zero-order valence-corrected chi connectivity index (χ0v) is 21.5. The molecule has 2 aliphatic rings. The number of nitrogens with one attached hydrogen (secondary N) is 1. The normalized spacial score (nSPS) is 23.8. The minimum atomic E-state index is -1.69. The summed E-state index contributed by atoms with van der Waals surface area (Å²) in [4.78, 5) is 29.4. The molecule has 1 unspecified atom stereocenters. The first kappa shape index (κ1) is 24.1. The lowest BCUT2D eigenvalue weighted by Gasteiger charge is -2.35. The molecule has 1 saturated heterocycles. The smallest absolute Gasteiger partial charge is 0.329 e. The molecule has 3 aromatic carbocycles. The number of carbonyl (C=O) groups is 2. The third-order valence-corrected chi connectivity index (χ3v) is 7.67. The van der Waals surface area contributed by atoms with Gasteiger partial charge in [-0.1, -0.05) is 63.9 Å². The van der Waals surface area contributed by atoms with Gasteiger partial charge in [0.05, 0.1) is 19.2 Å². The van der Waals surface area contributed by atoms with Crippen LogP contribution in [0.25, 0.3) is 6.08 Å². The van der Waals surface area contributed by atoms with Crippen molar-refractivity contribution in [3.05, 3.63) is 105 Å². The first-order chi connectivity index (χ1) is 17.4. The number of nitrogens with zero attached hydrogens (tertiary/aromatic N) is 2. The van der Waals surface area contributed by atoms with Crippen LogP contribution >= 0.6 is 27.5 Å².